The molecule has 0 radical (unpaired) electrons. The maximum Gasteiger partial charge on any atom is 0.301 e. The molecule has 2 N–H and O–H groups in total. The highest BCUT2D eigenvalue weighted by molar-refractivity contribution is 7.90. The number of hydrogen-bond donors (Lipinski definition) is 2. The molecule has 1 heterocycles. The Bertz CT molecular complexity index is 924. The number of amides is 1. The third-order valence-electron chi connectivity index (χ3n) is 3.75. The first-order chi connectivity index (χ1) is 12.0. The Balaban J connectivity index is 2.15. The highest BCUT2D eigenvalue weighted by Crippen LogP contribution is 2.27. The number of benzene rings is 1. The molecule has 8 nitrogen and oxygen atoms in total. The Morgan fingerprint density at radius 2 is 1.92 bits per heavy atom. The Hall–Kier alpha value is -2.10. The molecule has 1 unspecified atom stereocenters. The second-order valence-electron chi connectivity index (χ2n) is 6.12. The van der Waals surface area contributed by atoms with E-state index < -0.39 is 16.3 Å². The van der Waals surface area contributed by atoms with E-state index in [0.29, 0.717) is 11.4 Å². The van der Waals surface area contributed by atoms with Crippen molar-refractivity contribution in [3.8, 4) is 0 Å². The molecule has 2 rings (SSSR count). The second kappa shape index (κ2) is 7.65. The molecule has 1 aromatic carbocycles. The minimum atomic E-state index is -3.63. The van der Waals surface area contributed by atoms with Crippen LogP contribution in [-0.2, 0) is 15.0 Å². The van der Waals surface area contributed by atoms with Crippen molar-refractivity contribution in [1.29, 1.82) is 0 Å². The topological polar surface area (TPSA) is 96.3 Å². The van der Waals surface area contributed by atoms with Crippen molar-refractivity contribution in [3.63, 3.8) is 0 Å². The lowest BCUT2D eigenvalue weighted by Gasteiger charge is -2.17. The van der Waals surface area contributed by atoms with E-state index in [-0.39, 0.29) is 10.9 Å². The van der Waals surface area contributed by atoms with Crippen LogP contribution in [0.5, 0.6) is 0 Å². The van der Waals surface area contributed by atoms with Gasteiger partial charge in [-0.05, 0) is 45.0 Å². The number of rotatable bonds is 6. The number of halogens is 1. The first kappa shape index (κ1) is 20.2. The zero-order chi connectivity index (χ0) is 19.6. The Labute approximate surface area is 158 Å². The molecule has 0 aliphatic carbocycles. The van der Waals surface area contributed by atoms with Gasteiger partial charge in [0.1, 0.15) is 6.04 Å². The fourth-order valence-corrected chi connectivity index (χ4v) is 3.14. The maximum absolute atomic E-state index is 12.5. The number of anilines is 2. The lowest BCUT2D eigenvalue weighted by Crippen LogP contribution is -2.29. The molecule has 10 heteroatoms. The summed E-state index contributed by atoms with van der Waals surface area (Å²) in [6, 6.07) is 5.87. The van der Waals surface area contributed by atoms with E-state index in [9.17, 15) is 13.2 Å². The van der Waals surface area contributed by atoms with E-state index in [0.717, 1.165) is 15.7 Å². The fraction of sp³-hybridized carbons (Fsp3) is 0.375. The Morgan fingerprint density at radius 1 is 1.27 bits per heavy atom. The lowest BCUT2D eigenvalue weighted by atomic mass is 10.2. The molecule has 1 aromatic heterocycles. The standard InChI is InChI=1S/C16H22ClN5O3S/c1-10-8-11(2)22(19-10)12(3)16(23)18-15-7-6-13(9-14(15)17)20-26(24,25)21(4)5/h6-9,12,20H,1-5H3,(H,18,23). The summed E-state index contributed by atoms with van der Waals surface area (Å²) in [5.74, 6) is -0.278. The number of hydrogen-bond acceptors (Lipinski definition) is 4. The van der Waals surface area contributed by atoms with Gasteiger partial charge in [0.05, 0.1) is 22.1 Å². The van der Waals surface area contributed by atoms with Gasteiger partial charge in [0.25, 0.3) is 0 Å². The summed E-state index contributed by atoms with van der Waals surface area (Å²) in [5.41, 5.74) is 2.40. The third kappa shape index (κ3) is 4.54. The average molecular weight is 400 g/mol. The number of nitrogens with one attached hydrogen (secondary N) is 2. The van der Waals surface area contributed by atoms with E-state index in [1.165, 1.54) is 26.2 Å². The van der Waals surface area contributed by atoms with Crippen molar-refractivity contribution in [1.82, 2.24) is 14.1 Å². The summed E-state index contributed by atoms with van der Waals surface area (Å²) in [7, 11) is -0.799. The number of carbonyl (C=O) groups is 1. The van der Waals surface area contributed by atoms with Crippen LogP contribution in [-0.4, -0.2) is 42.5 Å². The molecular formula is C16H22ClN5O3S. The van der Waals surface area contributed by atoms with E-state index in [1.807, 2.05) is 19.9 Å². The van der Waals surface area contributed by atoms with Crippen molar-refractivity contribution < 1.29 is 13.2 Å². The van der Waals surface area contributed by atoms with Crippen molar-refractivity contribution >= 4 is 39.1 Å². The molecule has 0 aliphatic rings. The first-order valence-electron chi connectivity index (χ1n) is 7.84. The van der Waals surface area contributed by atoms with Crippen LogP contribution in [0.3, 0.4) is 0 Å². The molecule has 2 aromatic rings. The van der Waals surface area contributed by atoms with Gasteiger partial charge in [0.2, 0.25) is 5.91 Å². The van der Waals surface area contributed by atoms with E-state index in [2.05, 4.69) is 15.1 Å². The average Bonchev–Trinajstić information content (AvgIpc) is 2.87. The molecule has 0 aliphatic heterocycles. The zero-order valence-corrected chi connectivity index (χ0v) is 16.8. The van der Waals surface area contributed by atoms with Crippen LogP contribution in [0.1, 0.15) is 24.4 Å². The molecule has 1 amide bonds. The van der Waals surface area contributed by atoms with Crippen LogP contribution in [0.15, 0.2) is 24.3 Å². The summed E-state index contributed by atoms with van der Waals surface area (Å²) in [5, 5.41) is 7.27. The van der Waals surface area contributed by atoms with Crippen LogP contribution >= 0.6 is 11.6 Å². The van der Waals surface area contributed by atoms with Gasteiger partial charge in [-0.2, -0.15) is 17.8 Å². The van der Waals surface area contributed by atoms with E-state index in [4.69, 9.17) is 11.6 Å². The van der Waals surface area contributed by atoms with Gasteiger partial charge in [-0.1, -0.05) is 11.6 Å². The highest BCUT2D eigenvalue weighted by Gasteiger charge is 2.19. The van der Waals surface area contributed by atoms with Crippen LogP contribution in [0.4, 0.5) is 11.4 Å². The second-order valence-corrected chi connectivity index (χ2v) is 8.41. The van der Waals surface area contributed by atoms with E-state index in [1.54, 1.807) is 17.7 Å². The van der Waals surface area contributed by atoms with Gasteiger partial charge < -0.3 is 5.32 Å². The number of aryl methyl sites for hydroxylation is 2. The molecule has 0 bridgehead atoms. The molecule has 0 fully saturated rings. The van der Waals surface area contributed by atoms with Crippen molar-refractivity contribution in [2.45, 2.75) is 26.8 Å². The summed E-state index contributed by atoms with van der Waals surface area (Å²) in [6.07, 6.45) is 0. The normalized spacial score (nSPS) is 12.9. The first-order valence-corrected chi connectivity index (χ1v) is 9.66. The number of nitrogens with zero attached hydrogens (tertiary/aromatic N) is 3. The summed E-state index contributed by atoms with van der Waals surface area (Å²) < 4.78 is 28.8. The number of carbonyl (C=O) groups excluding carboxylic acids is 1. The summed E-state index contributed by atoms with van der Waals surface area (Å²) >= 11 is 6.18. The molecule has 0 saturated heterocycles. The minimum absolute atomic E-state index is 0.220. The predicted octanol–water partition coefficient (Wildman–Crippen LogP) is 2.57. The molecule has 142 valence electrons. The van der Waals surface area contributed by atoms with Crippen LogP contribution in [0, 0.1) is 13.8 Å². The van der Waals surface area contributed by atoms with Gasteiger partial charge >= 0.3 is 10.2 Å². The summed E-state index contributed by atoms with van der Waals surface area (Å²) in [4.78, 5) is 12.5. The van der Waals surface area contributed by atoms with Gasteiger partial charge in [-0.25, -0.2) is 0 Å². The van der Waals surface area contributed by atoms with E-state index >= 15 is 0 Å². The minimum Gasteiger partial charge on any atom is -0.323 e. The highest BCUT2D eigenvalue weighted by atomic mass is 35.5. The van der Waals surface area contributed by atoms with Crippen molar-refractivity contribution in [2.24, 2.45) is 0 Å². The Kier molecular flexibility index (Phi) is 5.94. The maximum atomic E-state index is 12.5. The van der Waals surface area contributed by atoms with Crippen molar-refractivity contribution in [2.75, 3.05) is 24.1 Å². The van der Waals surface area contributed by atoms with Crippen LogP contribution < -0.4 is 10.0 Å². The van der Waals surface area contributed by atoms with Gasteiger partial charge in [0.15, 0.2) is 0 Å². The number of aromatic nitrogens is 2. The predicted molar refractivity (Wildman–Crippen MR) is 103 cm³/mol. The molecule has 0 saturated carbocycles. The zero-order valence-electron chi connectivity index (χ0n) is 15.2. The monoisotopic (exact) mass is 399 g/mol. The van der Waals surface area contributed by atoms with Gasteiger partial charge in [-0.15, -0.1) is 0 Å². The largest absolute Gasteiger partial charge is 0.323 e. The molecule has 0 spiro atoms. The van der Waals surface area contributed by atoms with Gasteiger partial charge in [-0.3, -0.25) is 14.2 Å². The Morgan fingerprint density at radius 3 is 2.42 bits per heavy atom. The lowest BCUT2D eigenvalue weighted by molar-refractivity contribution is -0.119. The smallest absolute Gasteiger partial charge is 0.301 e. The third-order valence-corrected chi connectivity index (χ3v) is 5.51. The van der Waals surface area contributed by atoms with Crippen molar-refractivity contribution in [3.05, 3.63) is 40.7 Å². The summed E-state index contributed by atoms with van der Waals surface area (Å²) in [6.45, 7) is 5.48. The molecule has 26 heavy (non-hydrogen) atoms. The van der Waals surface area contributed by atoms with Crippen LogP contribution in [0.25, 0.3) is 0 Å². The van der Waals surface area contributed by atoms with Crippen LogP contribution in [0.2, 0.25) is 5.02 Å². The molecule has 1 atom stereocenters. The SMILES string of the molecule is Cc1cc(C)n(C(C)C(=O)Nc2ccc(NS(=O)(=O)N(C)C)cc2Cl)n1. The quantitative estimate of drug-likeness (QED) is 0.780. The molecular weight excluding hydrogens is 378 g/mol. The fourth-order valence-electron chi connectivity index (χ4n) is 2.31. The van der Waals surface area contributed by atoms with Gasteiger partial charge in [0, 0.05) is 19.8 Å².